The molecule has 0 amide bonds. The van der Waals surface area contributed by atoms with Crippen molar-refractivity contribution in [2.24, 2.45) is 0 Å². The minimum Gasteiger partial charge on any atom is -0.305 e. The van der Waals surface area contributed by atoms with Crippen LogP contribution < -0.4 is 0 Å². The molecule has 1 radical (unpaired) electrons. The van der Waals surface area contributed by atoms with Gasteiger partial charge in [0.25, 0.3) is 0 Å². The maximum atomic E-state index is 4.22. The number of hydrogen-bond acceptors (Lipinski definition) is 1. The summed E-state index contributed by atoms with van der Waals surface area (Å²) >= 11 is 0. The molecule has 0 N–H and O–H groups in total. The Morgan fingerprint density at radius 1 is 1.00 bits per heavy atom. The standard InChI is InChI=1S/C11H8N.Ir/c1-2-6-10(7-3-1)11-8-4-5-9-12-11;/h1-6,8-9H;/q-1;. The molecule has 0 aliphatic heterocycles. The first-order valence-electron chi connectivity index (χ1n) is 3.85. The van der Waals surface area contributed by atoms with E-state index < -0.39 is 0 Å². The van der Waals surface area contributed by atoms with E-state index in [1.54, 1.807) is 6.20 Å². The fourth-order valence-corrected chi connectivity index (χ4v) is 1.07. The van der Waals surface area contributed by atoms with E-state index in [1.807, 2.05) is 42.5 Å². The largest absolute Gasteiger partial charge is 0.305 e. The number of aromatic nitrogens is 1. The van der Waals surface area contributed by atoms with Crippen LogP contribution in [0.2, 0.25) is 0 Å². The van der Waals surface area contributed by atoms with Crippen molar-refractivity contribution in [3.05, 3.63) is 54.7 Å². The number of rotatable bonds is 1. The average molecular weight is 346 g/mol. The molecule has 1 aromatic heterocycles. The predicted molar refractivity (Wildman–Crippen MR) is 48.5 cm³/mol. The van der Waals surface area contributed by atoms with Gasteiger partial charge in [0, 0.05) is 26.3 Å². The molecule has 2 rings (SSSR count). The van der Waals surface area contributed by atoms with E-state index in [1.165, 1.54) is 0 Å². The third kappa shape index (κ3) is 2.48. The summed E-state index contributed by atoms with van der Waals surface area (Å²) in [5.41, 5.74) is 2.01. The van der Waals surface area contributed by atoms with Crippen LogP contribution in [-0.4, -0.2) is 4.98 Å². The molecule has 0 unspecified atom stereocenters. The van der Waals surface area contributed by atoms with Crippen molar-refractivity contribution in [2.45, 2.75) is 0 Å². The number of hydrogen-bond donors (Lipinski definition) is 0. The van der Waals surface area contributed by atoms with Gasteiger partial charge in [0.15, 0.2) is 0 Å². The van der Waals surface area contributed by atoms with Crippen LogP contribution >= 0.6 is 0 Å². The SMILES string of the molecule is [Ir].[c-]1ccccc1-c1ccccn1. The molecule has 1 heterocycles. The summed E-state index contributed by atoms with van der Waals surface area (Å²) in [6.07, 6.45) is 1.79. The quantitative estimate of drug-likeness (QED) is 0.723. The van der Waals surface area contributed by atoms with Gasteiger partial charge in [0.1, 0.15) is 0 Å². The maximum Gasteiger partial charge on any atom is 0.0160 e. The van der Waals surface area contributed by atoms with E-state index in [2.05, 4.69) is 11.1 Å². The van der Waals surface area contributed by atoms with Gasteiger partial charge < -0.3 is 4.98 Å². The molecule has 67 valence electrons. The van der Waals surface area contributed by atoms with Crippen molar-refractivity contribution in [1.82, 2.24) is 4.98 Å². The summed E-state index contributed by atoms with van der Waals surface area (Å²) in [6, 6.07) is 16.8. The van der Waals surface area contributed by atoms with E-state index in [0.717, 1.165) is 11.3 Å². The molecule has 0 aliphatic rings. The van der Waals surface area contributed by atoms with E-state index in [-0.39, 0.29) is 20.1 Å². The Kier molecular flexibility index (Phi) is 3.81. The van der Waals surface area contributed by atoms with Crippen molar-refractivity contribution in [3.8, 4) is 11.3 Å². The second kappa shape index (κ2) is 4.90. The molecule has 1 aromatic carbocycles. The fourth-order valence-electron chi connectivity index (χ4n) is 1.07. The van der Waals surface area contributed by atoms with Crippen LogP contribution in [-0.2, 0) is 20.1 Å². The van der Waals surface area contributed by atoms with Gasteiger partial charge in [-0.05, 0) is 11.8 Å². The molecule has 0 spiro atoms. The maximum absolute atomic E-state index is 4.22. The van der Waals surface area contributed by atoms with E-state index in [4.69, 9.17) is 0 Å². The Hall–Kier alpha value is -0.981. The third-order valence-corrected chi connectivity index (χ3v) is 1.65. The Labute approximate surface area is 91.2 Å². The molecule has 0 atom stereocenters. The Balaban J connectivity index is 0.000000845. The zero-order chi connectivity index (χ0) is 8.23. The van der Waals surface area contributed by atoms with Crippen molar-refractivity contribution >= 4 is 0 Å². The van der Waals surface area contributed by atoms with Crippen LogP contribution in [0.5, 0.6) is 0 Å². The summed E-state index contributed by atoms with van der Waals surface area (Å²) in [7, 11) is 0. The molecular formula is C11H8IrN-. The number of benzene rings is 1. The minimum atomic E-state index is 0. The predicted octanol–water partition coefficient (Wildman–Crippen LogP) is 2.55. The van der Waals surface area contributed by atoms with Gasteiger partial charge in [-0.3, -0.25) is 0 Å². The van der Waals surface area contributed by atoms with Crippen molar-refractivity contribution in [1.29, 1.82) is 0 Å². The zero-order valence-corrected chi connectivity index (χ0v) is 9.29. The molecule has 0 bridgehead atoms. The number of pyridine rings is 1. The summed E-state index contributed by atoms with van der Waals surface area (Å²) in [5.74, 6) is 0. The van der Waals surface area contributed by atoms with E-state index in [9.17, 15) is 0 Å². The Morgan fingerprint density at radius 3 is 2.46 bits per heavy atom. The van der Waals surface area contributed by atoms with Gasteiger partial charge >= 0.3 is 0 Å². The molecule has 0 aliphatic carbocycles. The van der Waals surface area contributed by atoms with Gasteiger partial charge in [-0.25, -0.2) is 0 Å². The summed E-state index contributed by atoms with van der Waals surface area (Å²) in [6.45, 7) is 0. The topological polar surface area (TPSA) is 12.9 Å². The van der Waals surface area contributed by atoms with E-state index in [0.29, 0.717) is 0 Å². The Bertz CT molecular complexity index is 307. The zero-order valence-electron chi connectivity index (χ0n) is 6.90. The fraction of sp³-hybridized carbons (Fsp3) is 0. The second-order valence-electron chi connectivity index (χ2n) is 2.49. The van der Waals surface area contributed by atoms with Crippen molar-refractivity contribution < 1.29 is 20.1 Å². The number of nitrogens with zero attached hydrogens (tertiary/aromatic N) is 1. The summed E-state index contributed by atoms with van der Waals surface area (Å²) in [5, 5.41) is 0. The smallest absolute Gasteiger partial charge is 0.0160 e. The van der Waals surface area contributed by atoms with Crippen LogP contribution in [0.15, 0.2) is 48.7 Å². The molecule has 0 fully saturated rings. The minimum absolute atomic E-state index is 0. The first-order valence-corrected chi connectivity index (χ1v) is 3.85. The molecule has 2 aromatic rings. The van der Waals surface area contributed by atoms with E-state index >= 15 is 0 Å². The van der Waals surface area contributed by atoms with Gasteiger partial charge in [-0.15, -0.1) is 35.9 Å². The molecular weight excluding hydrogens is 338 g/mol. The van der Waals surface area contributed by atoms with Crippen LogP contribution in [0.3, 0.4) is 0 Å². The summed E-state index contributed by atoms with van der Waals surface area (Å²) < 4.78 is 0. The van der Waals surface area contributed by atoms with Gasteiger partial charge in [0.2, 0.25) is 0 Å². The first kappa shape index (κ1) is 10.1. The summed E-state index contributed by atoms with van der Waals surface area (Å²) in [4.78, 5) is 4.22. The monoisotopic (exact) mass is 347 g/mol. The molecule has 13 heavy (non-hydrogen) atoms. The van der Waals surface area contributed by atoms with Crippen molar-refractivity contribution in [2.75, 3.05) is 0 Å². The van der Waals surface area contributed by atoms with Gasteiger partial charge in [0.05, 0.1) is 0 Å². The van der Waals surface area contributed by atoms with Crippen LogP contribution in [0, 0.1) is 6.07 Å². The molecule has 1 nitrogen and oxygen atoms in total. The normalized spacial score (nSPS) is 8.92. The van der Waals surface area contributed by atoms with Crippen molar-refractivity contribution in [3.63, 3.8) is 0 Å². The molecule has 0 saturated carbocycles. The molecule has 0 saturated heterocycles. The third-order valence-electron chi connectivity index (χ3n) is 1.65. The van der Waals surface area contributed by atoms with Crippen LogP contribution in [0.4, 0.5) is 0 Å². The van der Waals surface area contributed by atoms with Crippen LogP contribution in [0.1, 0.15) is 0 Å². The van der Waals surface area contributed by atoms with Crippen LogP contribution in [0.25, 0.3) is 11.3 Å². The van der Waals surface area contributed by atoms with Gasteiger partial charge in [-0.1, -0.05) is 12.1 Å². The average Bonchev–Trinajstić information content (AvgIpc) is 2.21. The van der Waals surface area contributed by atoms with Gasteiger partial charge in [-0.2, -0.15) is 0 Å². The first-order chi connectivity index (χ1) is 5.97. The molecule has 2 heteroatoms. The Morgan fingerprint density at radius 2 is 1.85 bits per heavy atom. The second-order valence-corrected chi connectivity index (χ2v) is 2.49.